The van der Waals surface area contributed by atoms with Crippen LogP contribution in [-0.2, 0) is 0 Å². The summed E-state index contributed by atoms with van der Waals surface area (Å²) in [4.78, 5) is 0. The van der Waals surface area contributed by atoms with Gasteiger partial charge in [0.1, 0.15) is 0 Å². The Morgan fingerprint density at radius 3 is 2.91 bits per heavy atom. The predicted octanol–water partition coefficient (Wildman–Crippen LogP) is 0.347. The molecule has 3 heteroatoms. The van der Waals surface area contributed by atoms with Crippen molar-refractivity contribution in [2.24, 2.45) is 5.84 Å². The van der Waals surface area contributed by atoms with E-state index in [4.69, 9.17) is 5.84 Å². The maximum atomic E-state index is 5.24. The molecule has 3 N–H and O–H groups in total. The van der Waals surface area contributed by atoms with Crippen molar-refractivity contribution in [2.45, 2.75) is 6.04 Å². The predicted molar refractivity (Wildman–Crippen MR) is 46.3 cm³/mol. The first-order chi connectivity index (χ1) is 5.25. The van der Waals surface area contributed by atoms with Crippen molar-refractivity contribution in [3.63, 3.8) is 0 Å². The van der Waals surface area contributed by atoms with Gasteiger partial charge in [-0.2, -0.15) is 5.53 Å². The molecule has 0 heterocycles. The smallest absolute Gasteiger partial charge is 0.0681 e. The fraction of sp³-hybridized carbons (Fsp3) is 0.250. The van der Waals surface area contributed by atoms with Gasteiger partial charge in [-0.25, -0.2) is 5.01 Å². The standard InChI is InChI=1S/C8H13N3/c1-7-5-3-4-6-8(7)11(2)10-9/h3-6,8,10H,1,9H2,2H3. The Hall–Kier alpha value is -0.900. The van der Waals surface area contributed by atoms with Gasteiger partial charge in [-0.3, -0.25) is 5.84 Å². The quantitative estimate of drug-likeness (QED) is 0.442. The van der Waals surface area contributed by atoms with Crippen LogP contribution in [0.25, 0.3) is 0 Å². The van der Waals surface area contributed by atoms with Crippen molar-refractivity contribution in [3.8, 4) is 0 Å². The monoisotopic (exact) mass is 151 g/mol. The second-order valence-corrected chi connectivity index (χ2v) is 2.50. The fourth-order valence-electron chi connectivity index (χ4n) is 1.03. The van der Waals surface area contributed by atoms with Crippen molar-refractivity contribution >= 4 is 0 Å². The second kappa shape index (κ2) is 3.48. The van der Waals surface area contributed by atoms with E-state index < -0.39 is 0 Å². The molecule has 3 nitrogen and oxygen atoms in total. The molecule has 1 aliphatic carbocycles. The Morgan fingerprint density at radius 1 is 1.64 bits per heavy atom. The summed E-state index contributed by atoms with van der Waals surface area (Å²) in [6, 6.07) is 0.171. The maximum absolute atomic E-state index is 5.24. The van der Waals surface area contributed by atoms with Gasteiger partial charge in [0, 0.05) is 7.05 Å². The Morgan fingerprint density at radius 2 is 2.36 bits per heavy atom. The number of nitrogens with one attached hydrogen (secondary N) is 1. The summed E-state index contributed by atoms with van der Waals surface area (Å²) in [5, 5.41) is 1.79. The zero-order chi connectivity index (χ0) is 8.27. The van der Waals surface area contributed by atoms with E-state index in [2.05, 4.69) is 12.1 Å². The van der Waals surface area contributed by atoms with Gasteiger partial charge < -0.3 is 0 Å². The molecule has 0 saturated carbocycles. The molecule has 0 saturated heterocycles. The molecule has 0 radical (unpaired) electrons. The molecular weight excluding hydrogens is 138 g/mol. The lowest BCUT2D eigenvalue weighted by atomic mass is 10.0. The highest BCUT2D eigenvalue weighted by Gasteiger charge is 2.12. The third-order valence-electron chi connectivity index (χ3n) is 1.72. The number of nitrogens with two attached hydrogens (primary N) is 1. The first-order valence-corrected chi connectivity index (χ1v) is 3.48. The summed E-state index contributed by atoms with van der Waals surface area (Å²) in [5.74, 6) is 5.24. The molecule has 1 atom stereocenters. The molecule has 0 amide bonds. The maximum Gasteiger partial charge on any atom is 0.0681 e. The molecular formula is C8H13N3. The molecule has 1 rings (SSSR count). The van der Waals surface area contributed by atoms with E-state index in [1.165, 1.54) is 0 Å². The van der Waals surface area contributed by atoms with Crippen molar-refractivity contribution in [1.82, 2.24) is 10.5 Å². The minimum absolute atomic E-state index is 0.171. The van der Waals surface area contributed by atoms with Crippen LogP contribution in [0.3, 0.4) is 0 Å². The Bertz CT molecular complexity index is 205. The molecule has 0 bridgehead atoms. The summed E-state index contributed by atoms with van der Waals surface area (Å²) < 4.78 is 0. The van der Waals surface area contributed by atoms with E-state index in [9.17, 15) is 0 Å². The highest BCUT2D eigenvalue weighted by Crippen LogP contribution is 2.12. The van der Waals surface area contributed by atoms with E-state index in [1.54, 1.807) is 5.01 Å². The third kappa shape index (κ3) is 1.77. The van der Waals surface area contributed by atoms with Crippen LogP contribution < -0.4 is 11.4 Å². The number of hydrogen-bond donors (Lipinski definition) is 2. The SMILES string of the molecule is C=C1C=CC=CC1N(C)NN. The molecule has 0 fully saturated rings. The van der Waals surface area contributed by atoms with Crippen LogP contribution in [0.15, 0.2) is 36.5 Å². The molecule has 1 aliphatic rings. The highest BCUT2D eigenvalue weighted by molar-refractivity contribution is 5.33. The van der Waals surface area contributed by atoms with Crippen LogP contribution in [0.5, 0.6) is 0 Å². The molecule has 1 unspecified atom stereocenters. The first-order valence-electron chi connectivity index (χ1n) is 3.48. The van der Waals surface area contributed by atoms with Crippen molar-refractivity contribution < 1.29 is 0 Å². The lowest BCUT2D eigenvalue weighted by Gasteiger charge is -2.25. The van der Waals surface area contributed by atoms with Gasteiger partial charge in [-0.1, -0.05) is 30.9 Å². The van der Waals surface area contributed by atoms with Crippen molar-refractivity contribution in [3.05, 3.63) is 36.5 Å². The average molecular weight is 151 g/mol. The molecule has 0 aromatic rings. The summed E-state index contributed by atoms with van der Waals surface area (Å²) >= 11 is 0. The van der Waals surface area contributed by atoms with Gasteiger partial charge >= 0.3 is 0 Å². The highest BCUT2D eigenvalue weighted by atomic mass is 15.6. The number of nitrogens with zero attached hydrogens (tertiary/aromatic N) is 1. The van der Waals surface area contributed by atoms with E-state index >= 15 is 0 Å². The van der Waals surface area contributed by atoms with Gasteiger partial charge in [0.05, 0.1) is 6.04 Å². The second-order valence-electron chi connectivity index (χ2n) is 2.50. The fourth-order valence-corrected chi connectivity index (χ4v) is 1.03. The van der Waals surface area contributed by atoms with Gasteiger partial charge in [-0.15, -0.1) is 0 Å². The summed E-state index contributed by atoms with van der Waals surface area (Å²) in [7, 11) is 1.87. The molecule has 0 aromatic carbocycles. The van der Waals surface area contributed by atoms with Crippen molar-refractivity contribution in [2.75, 3.05) is 7.05 Å². The van der Waals surface area contributed by atoms with Crippen LogP contribution in [-0.4, -0.2) is 18.1 Å². The minimum atomic E-state index is 0.171. The van der Waals surface area contributed by atoms with Gasteiger partial charge in [0.2, 0.25) is 0 Å². The number of hydrazine groups is 2. The molecule has 0 spiro atoms. The van der Waals surface area contributed by atoms with Crippen LogP contribution in [0, 0.1) is 0 Å². The summed E-state index contributed by atoms with van der Waals surface area (Å²) in [5.41, 5.74) is 3.59. The topological polar surface area (TPSA) is 41.3 Å². The molecule has 11 heavy (non-hydrogen) atoms. The molecule has 0 aliphatic heterocycles. The van der Waals surface area contributed by atoms with Crippen LogP contribution in [0.4, 0.5) is 0 Å². The Balaban J connectivity index is 2.65. The van der Waals surface area contributed by atoms with Gasteiger partial charge in [0.15, 0.2) is 0 Å². The first kappa shape index (κ1) is 8.20. The lowest BCUT2D eigenvalue weighted by Crippen LogP contribution is -2.46. The van der Waals surface area contributed by atoms with E-state index in [0.717, 1.165) is 5.57 Å². The third-order valence-corrected chi connectivity index (χ3v) is 1.72. The van der Waals surface area contributed by atoms with Crippen molar-refractivity contribution in [1.29, 1.82) is 0 Å². The number of allylic oxidation sites excluding steroid dienone is 2. The normalized spacial score (nSPS) is 23.2. The van der Waals surface area contributed by atoms with E-state index in [0.29, 0.717) is 0 Å². The zero-order valence-corrected chi connectivity index (χ0v) is 6.62. The van der Waals surface area contributed by atoms with Gasteiger partial charge in [0.25, 0.3) is 0 Å². The lowest BCUT2D eigenvalue weighted by molar-refractivity contribution is 0.219. The summed E-state index contributed by atoms with van der Waals surface area (Å²) in [6.07, 6.45) is 7.94. The van der Waals surface area contributed by atoms with E-state index in [1.807, 2.05) is 31.4 Å². The largest absolute Gasteiger partial charge is 0.258 e. The van der Waals surface area contributed by atoms with Crippen LogP contribution in [0.1, 0.15) is 0 Å². The molecule has 0 aromatic heterocycles. The minimum Gasteiger partial charge on any atom is -0.258 e. The summed E-state index contributed by atoms with van der Waals surface area (Å²) in [6.45, 7) is 3.89. The van der Waals surface area contributed by atoms with Crippen LogP contribution in [0.2, 0.25) is 0 Å². The Labute approximate surface area is 66.8 Å². The average Bonchev–Trinajstić information content (AvgIpc) is 2.04. The van der Waals surface area contributed by atoms with Gasteiger partial charge in [-0.05, 0) is 5.57 Å². The number of rotatable bonds is 2. The van der Waals surface area contributed by atoms with E-state index in [-0.39, 0.29) is 6.04 Å². The molecule has 60 valence electrons. The number of hydrogen-bond acceptors (Lipinski definition) is 3. The van der Waals surface area contributed by atoms with Crippen LogP contribution >= 0.6 is 0 Å². The zero-order valence-electron chi connectivity index (χ0n) is 6.62. The number of likely N-dealkylation sites (N-methyl/N-ethyl adjacent to an activating group) is 1. The Kier molecular flexibility index (Phi) is 2.59.